The van der Waals surface area contributed by atoms with Crippen LogP contribution in [0.1, 0.15) is 18.5 Å². The number of carbonyl (C=O) groups is 1. The summed E-state index contributed by atoms with van der Waals surface area (Å²) in [5, 5.41) is 11.0. The summed E-state index contributed by atoms with van der Waals surface area (Å²) in [5.74, 6) is 1.51. The van der Waals surface area contributed by atoms with Crippen molar-refractivity contribution in [2.75, 3.05) is 17.7 Å². The molecular weight excluding hydrogens is 416 g/mol. The molecule has 0 spiro atoms. The number of benzene rings is 2. The van der Waals surface area contributed by atoms with Crippen LogP contribution in [-0.4, -0.2) is 32.8 Å². The molecule has 0 bridgehead atoms. The number of allylic oxidation sites excluding steroid dienone is 1. The molecule has 8 nitrogen and oxygen atoms in total. The molecule has 5 rings (SSSR count). The summed E-state index contributed by atoms with van der Waals surface area (Å²) in [5.41, 5.74) is 3.62. The van der Waals surface area contributed by atoms with Crippen molar-refractivity contribution in [3.05, 3.63) is 96.0 Å². The highest BCUT2D eigenvalue weighted by Crippen LogP contribution is 2.37. The lowest BCUT2D eigenvalue weighted by Gasteiger charge is -2.28. The van der Waals surface area contributed by atoms with Crippen LogP contribution in [0.15, 0.2) is 90.4 Å². The van der Waals surface area contributed by atoms with Gasteiger partial charge >= 0.3 is 0 Å². The Labute approximate surface area is 191 Å². The number of fused-ring (bicyclic) bond motifs is 1. The van der Waals surface area contributed by atoms with Crippen LogP contribution in [0, 0.1) is 0 Å². The molecule has 2 aromatic carbocycles. The van der Waals surface area contributed by atoms with Gasteiger partial charge in [0.15, 0.2) is 5.82 Å². The van der Waals surface area contributed by atoms with Gasteiger partial charge in [-0.2, -0.15) is 4.98 Å². The summed E-state index contributed by atoms with van der Waals surface area (Å²) in [6.45, 7) is 1.87. The van der Waals surface area contributed by atoms with Gasteiger partial charge in [0.25, 0.3) is 5.91 Å². The second-order valence-electron chi connectivity index (χ2n) is 7.57. The molecule has 2 N–H and O–H groups in total. The summed E-state index contributed by atoms with van der Waals surface area (Å²) in [4.78, 5) is 22.3. The van der Waals surface area contributed by atoms with Crippen molar-refractivity contribution in [3.8, 4) is 17.1 Å². The maximum absolute atomic E-state index is 13.4. The van der Waals surface area contributed by atoms with Crippen LogP contribution in [0.2, 0.25) is 0 Å². The number of anilines is 2. The summed E-state index contributed by atoms with van der Waals surface area (Å²) in [7, 11) is 1.62. The van der Waals surface area contributed by atoms with E-state index in [1.165, 1.54) is 0 Å². The second kappa shape index (κ2) is 8.58. The normalized spacial score (nSPS) is 14.9. The van der Waals surface area contributed by atoms with Crippen LogP contribution >= 0.6 is 0 Å². The van der Waals surface area contributed by atoms with Crippen molar-refractivity contribution in [1.29, 1.82) is 0 Å². The SMILES string of the molecule is COc1ccccc1-c1nc2n(n1)C(c1ccncc1)C(C(=O)Nc1ccccc1)=C(C)N2. The van der Waals surface area contributed by atoms with Gasteiger partial charge in [0.2, 0.25) is 5.95 Å². The first-order chi connectivity index (χ1) is 16.2. The molecule has 4 aromatic rings. The zero-order chi connectivity index (χ0) is 22.8. The lowest BCUT2D eigenvalue weighted by atomic mass is 9.96. The van der Waals surface area contributed by atoms with Crippen molar-refractivity contribution in [1.82, 2.24) is 19.7 Å². The Morgan fingerprint density at radius 3 is 2.52 bits per heavy atom. The van der Waals surface area contributed by atoms with Gasteiger partial charge in [0.05, 0.1) is 18.2 Å². The Balaban J connectivity index is 1.61. The molecule has 1 aliphatic rings. The Hall–Kier alpha value is -4.46. The molecular formula is C25H22N6O2. The summed E-state index contributed by atoms with van der Waals surface area (Å²) in [6.07, 6.45) is 3.41. The molecule has 0 fully saturated rings. The van der Waals surface area contributed by atoms with Crippen molar-refractivity contribution < 1.29 is 9.53 Å². The minimum atomic E-state index is -0.482. The number of pyridine rings is 1. The molecule has 164 valence electrons. The van der Waals surface area contributed by atoms with Crippen LogP contribution in [-0.2, 0) is 4.79 Å². The Morgan fingerprint density at radius 2 is 1.76 bits per heavy atom. The molecule has 8 heteroatoms. The molecule has 1 amide bonds. The highest BCUT2D eigenvalue weighted by molar-refractivity contribution is 6.06. The molecule has 3 heterocycles. The first-order valence-electron chi connectivity index (χ1n) is 10.5. The first-order valence-corrected chi connectivity index (χ1v) is 10.5. The zero-order valence-corrected chi connectivity index (χ0v) is 18.2. The van der Waals surface area contributed by atoms with Crippen LogP contribution in [0.4, 0.5) is 11.6 Å². The average Bonchev–Trinajstić information content (AvgIpc) is 3.27. The first kappa shape index (κ1) is 20.4. The van der Waals surface area contributed by atoms with Crippen molar-refractivity contribution in [2.24, 2.45) is 0 Å². The van der Waals surface area contributed by atoms with Crippen molar-refractivity contribution in [3.63, 3.8) is 0 Å². The van der Waals surface area contributed by atoms with Gasteiger partial charge in [-0.15, -0.1) is 5.10 Å². The molecule has 0 aliphatic carbocycles. The highest BCUT2D eigenvalue weighted by Gasteiger charge is 2.34. The van der Waals surface area contributed by atoms with E-state index in [2.05, 4.69) is 15.6 Å². The minimum Gasteiger partial charge on any atom is -0.496 e. The van der Waals surface area contributed by atoms with Crippen molar-refractivity contribution in [2.45, 2.75) is 13.0 Å². The molecule has 2 aromatic heterocycles. The van der Waals surface area contributed by atoms with E-state index in [-0.39, 0.29) is 5.91 Å². The number of carbonyl (C=O) groups excluding carboxylic acids is 1. The van der Waals surface area contributed by atoms with Gasteiger partial charge in [-0.1, -0.05) is 30.3 Å². The Bertz CT molecular complexity index is 1330. The lowest BCUT2D eigenvalue weighted by molar-refractivity contribution is -0.113. The van der Waals surface area contributed by atoms with Crippen molar-refractivity contribution >= 4 is 17.5 Å². The van der Waals surface area contributed by atoms with Gasteiger partial charge in [-0.05, 0) is 48.9 Å². The van der Waals surface area contributed by atoms with Crippen LogP contribution in [0.3, 0.4) is 0 Å². The Morgan fingerprint density at radius 1 is 1.03 bits per heavy atom. The number of hydrogen-bond donors (Lipinski definition) is 2. The van der Waals surface area contributed by atoms with E-state index in [0.717, 1.165) is 16.8 Å². The quantitative estimate of drug-likeness (QED) is 0.483. The number of hydrogen-bond acceptors (Lipinski definition) is 6. The number of rotatable bonds is 5. The average molecular weight is 438 g/mol. The maximum Gasteiger partial charge on any atom is 0.255 e. The van der Waals surface area contributed by atoms with Gasteiger partial charge in [0, 0.05) is 23.8 Å². The number of ether oxygens (including phenoxy) is 1. The topological polar surface area (TPSA) is 94.0 Å². The third-order valence-corrected chi connectivity index (χ3v) is 5.50. The molecule has 1 atom stereocenters. The van der Waals surface area contributed by atoms with E-state index in [1.807, 2.05) is 73.7 Å². The second-order valence-corrected chi connectivity index (χ2v) is 7.57. The number of aromatic nitrogens is 4. The van der Waals surface area contributed by atoms with E-state index in [9.17, 15) is 4.79 Å². The fourth-order valence-corrected chi connectivity index (χ4v) is 3.96. The van der Waals surface area contributed by atoms with Gasteiger partial charge < -0.3 is 15.4 Å². The molecule has 33 heavy (non-hydrogen) atoms. The predicted octanol–water partition coefficient (Wildman–Crippen LogP) is 4.28. The number of nitrogens with one attached hydrogen (secondary N) is 2. The fourth-order valence-electron chi connectivity index (χ4n) is 3.96. The minimum absolute atomic E-state index is 0.215. The monoisotopic (exact) mass is 438 g/mol. The van der Waals surface area contributed by atoms with Crippen LogP contribution < -0.4 is 15.4 Å². The summed E-state index contributed by atoms with van der Waals surface area (Å²) >= 11 is 0. The largest absolute Gasteiger partial charge is 0.496 e. The summed E-state index contributed by atoms with van der Waals surface area (Å²) < 4.78 is 7.24. The van der Waals surface area contributed by atoms with E-state index in [4.69, 9.17) is 14.8 Å². The van der Waals surface area contributed by atoms with E-state index in [0.29, 0.717) is 28.8 Å². The van der Waals surface area contributed by atoms with Gasteiger partial charge in [-0.25, -0.2) is 4.68 Å². The number of amides is 1. The third-order valence-electron chi connectivity index (χ3n) is 5.50. The fraction of sp³-hybridized carbons (Fsp3) is 0.120. The van der Waals surface area contributed by atoms with E-state index < -0.39 is 6.04 Å². The number of para-hydroxylation sites is 2. The smallest absolute Gasteiger partial charge is 0.255 e. The number of methoxy groups -OCH3 is 1. The van der Waals surface area contributed by atoms with Crippen LogP contribution in [0.5, 0.6) is 5.75 Å². The highest BCUT2D eigenvalue weighted by atomic mass is 16.5. The van der Waals surface area contributed by atoms with E-state index >= 15 is 0 Å². The van der Waals surface area contributed by atoms with Gasteiger partial charge in [-0.3, -0.25) is 9.78 Å². The zero-order valence-electron chi connectivity index (χ0n) is 18.2. The molecule has 1 unspecified atom stereocenters. The van der Waals surface area contributed by atoms with Gasteiger partial charge in [0.1, 0.15) is 11.8 Å². The Kier molecular flexibility index (Phi) is 5.32. The maximum atomic E-state index is 13.4. The standard InChI is InChI=1S/C25H22N6O2/c1-16-21(24(32)28-18-8-4-3-5-9-18)22(17-12-14-26-15-13-17)31-25(27-16)29-23(30-31)19-10-6-7-11-20(19)33-2/h3-15,22H,1-2H3,(H,28,32)(H,27,29,30). The number of nitrogens with zero attached hydrogens (tertiary/aromatic N) is 4. The molecule has 1 aliphatic heterocycles. The molecule has 0 saturated heterocycles. The lowest BCUT2D eigenvalue weighted by Crippen LogP contribution is -2.31. The molecule has 0 radical (unpaired) electrons. The van der Waals surface area contributed by atoms with Crippen LogP contribution in [0.25, 0.3) is 11.4 Å². The van der Waals surface area contributed by atoms with E-state index in [1.54, 1.807) is 24.2 Å². The molecule has 0 saturated carbocycles. The predicted molar refractivity (Wildman–Crippen MR) is 126 cm³/mol. The summed E-state index contributed by atoms with van der Waals surface area (Å²) in [6, 6.07) is 20.2. The third kappa shape index (κ3) is 3.82.